The van der Waals surface area contributed by atoms with Gasteiger partial charge in [-0.3, -0.25) is 9.59 Å². The highest BCUT2D eigenvalue weighted by Crippen LogP contribution is 2.25. The van der Waals surface area contributed by atoms with Gasteiger partial charge < -0.3 is 15.1 Å². The maximum absolute atomic E-state index is 12.9. The molecule has 9 nitrogen and oxygen atoms in total. The highest BCUT2D eigenvalue weighted by atomic mass is 35.5. The Hall–Kier alpha value is -2.75. The summed E-state index contributed by atoms with van der Waals surface area (Å²) in [6.45, 7) is 5.29. The highest BCUT2D eigenvalue weighted by Gasteiger charge is 2.29. The Morgan fingerprint density at radius 2 is 1.94 bits per heavy atom. The highest BCUT2D eigenvalue weighted by molar-refractivity contribution is 6.35. The number of benzene rings is 1. The molecular formula is C24H27Cl2N7O2. The topological polar surface area (TPSA) is 96.3 Å². The Kier molecular flexibility index (Phi) is 6.91. The number of ketones is 1. The molecule has 2 aromatic heterocycles. The third-order valence-electron chi connectivity index (χ3n) is 6.62. The number of rotatable bonds is 5. The van der Waals surface area contributed by atoms with Crippen LogP contribution in [-0.4, -0.2) is 75.1 Å². The fraction of sp³-hybridized carbons (Fsp3) is 0.458. The zero-order chi connectivity index (χ0) is 24.5. The van der Waals surface area contributed by atoms with Gasteiger partial charge in [0, 0.05) is 43.1 Å². The largest absolute Gasteiger partial charge is 0.352 e. The Morgan fingerprint density at radius 1 is 1.14 bits per heavy atom. The number of nitrogens with zero attached hydrogens (tertiary/aromatic N) is 6. The van der Waals surface area contributed by atoms with Crippen molar-refractivity contribution in [3.63, 3.8) is 0 Å². The number of fused-ring (bicyclic) bond motifs is 1. The predicted octanol–water partition coefficient (Wildman–Crippen LogP) is 3.17. The van der Waals surface area contributed by atoms with E-state index in [4.69, 9.17) is 28.2 Å². The summed E-state index contributed by atoms with van der Waals surface area (Å²) >= 11 is 12.4. The average Bonchev–Trinajstić information content (AvgIpc) is 3.24. The third kappa shape index (κ3) is 4.98. The van der Waals surface area contributed by atoms with Crippen molar-refractivity contribution in [1.82, 2.24) is 30.0 Å². The van der Waals surface area contributed by atoms with Gasteiger partial charge in [-0.1, -0.05) is 35.7 Å². The molecule has 2 aliphatic heterocycles. The van der Waals surface area contributed by atoms with Gasteiger partial charge in [0.1, 0.15) is 11.3 Å². The zero-order valence-electron chi connectivity index (χ0n) is 19.5. The number of amides is 1. The van der Waals surface area contributed by atoms with E-state index in [1.807, 2.05) is 11.0 Å². The first kappa shape index (κ1) is 24.0. The van der Waals surface area contributed by atoms with Crippen LogP contribution in [0, 0.1) is 0 Å². The van der Waals surface area contributed by atoms with Crippen LogP contribution < -0.4 is 10.2 Å². The molecule has 0 radical (unpaired) electrons. The van der Waals surface area contributed by atoms with Gasteiger partial charge in [-0.2, -0.15) is 5.10 Å². The minimum atomic E-state index is -0.179. The first-order chi connectivity index (χ1) is 16.9. The molecule has 1 N–H and O–H groups in total. The number of hydrogen-bond donors (Lipinski definition) is 1. The van der Waals surface area contributed by atoms with Crippen molar-refractivity contribution in [2.45, 2.75) is 38.8 Å². The van der Waals surface area contributed by atoms with Crippen LogP contribution in [0.2, 0.25) is 10.0 Å². The summed E-state index contributed by atoms with van der Waals surface area (Å²) < 4.78 is 1.66. The first-order valence-corrected chi connectivity index (χ1v) is 12.6. The van der Waals surface area contributed by atoms with Gasteiger partial charge in [0.15, 0.2) is 17.1 Å². The number of halogens is 2. The van der Waals surface area contributed by atoms with E-state index in [9.17, 15) is 9.59 Å². The smallest absolute Gasteiger partial charge is 0.239 e. The molecule has 5 rings (SSSR count). The molecule has 35 heavy (non-hydrogen) atoms. The SMILES string of the molecule is CC(=O)c1nn(Cc2ccc(Cl)cc2Cl)c2nc(N3CCN(C(=O)C4CCCCN4)CC3)cnc12. The van der Waals surface area contributed by atoms with Crippen LogP contribution in [0.15, 0.2) is 24.4 Å². The van der Waals surface area contributed by atoms with E-state index in [0.717, 1.165) is 31.4 Å². The van der Waals surface area contributed by atoms with E-state index in [-0.39, 0.29) is 23.4 Å². The summed E-state index contributed by atoms with van der Waals surface area (Å²) in [6.07, 6.45) is 4.80. The first-order valence-electron chi connectivity index (χ1n) is 11.9. The van der Waals surface area contributed by atoms with E-state index in [1.54, 1.807) is 23.0 Å². The molecule has 1 aromatic carbocycles. The Bertz CT molecular complexity index is 1260. The monoisotopic (exact) mass is 515 g/mol. The van der Waals surface area contributed by atoms with Crippen molar-refractivity contribution in [2.24, 2.45) is 0 Å². The van der Waals surface area contributed by atoms with Crippen molar-refractivity contribution in [3.8, 4) is 0 Å². The number of carbonyl (C=O) groups excluding carboxylic acids is 2. The zero-order valence-corrected chi connectivity index (χ0v) is 21.0. The normalized spacial score (nSPS) is 18.8. The second-order valence-electron chi connectivity index (χ2n) is 9.01. The lowest BCUT2D eigenvalue weighted by Gasteiger charge is -2.37. The number of Topliss-reactive ketones (excluding diaryl/α,β-unsaturated/α-hetero) is 1. The molecule has 1 atom stereocenters. The summed E-state index contributed by atoms with van der Waals surface area (Å²) in [5, 5.41) is 8.90. The van der Waals surface area contributed by atoms with Crippen molar-refractivity contribution >= 4 is 51.9 Å². The molecule has 1 unspecified atom stereocenters. The number of aromatic nitrogens is 4. The summed E-state index contributed by atoms with van der Waals surface area (Å²) in [6, 6.07) is 5.21. The van der Waals surface area contributed by atoms with Crippen LogP contribution >= 0.6 is 23.2 Å². The molecule has 2 saturated heterocycles. The molecule has 0 bridgehead atoms. The average molecular weight is 516 g/mol. The number of hydrogen-bond acceptors (Lipinski definition) is 7. The second-order valence-corrected chi connectivity index (χ2v) is 9.86. The number of piperazine rings is 1. The van der Waals surface area contributed by atoms with Crippen LogP contribution in [0.4, 0.5) is 5.82 Å². The molecule has 0 spiro atoms. The fourth-order valence-electron chi connectivity index (χ4n) is 4.68. The molecule has 2 aliphatic rings. The van der Waals surface area contributed by atoms with Crippen LogP contribution in [0.3, 0.4) is 0 Å². The summed E-state index contributed by atoms with van der Waals surface area (Å²) in [7, 11) is 0. The standard InChI is InChI=1S/C24H27Cl2N7O2/c1-15(34)21-22-23(33(30-21)14-16-5-6-17(25)12-18(16)26)29-20(13-28-22)31-8-10-32(11-9-31)24(35)19-4-2-3-7-27-19/h5-6,12-13,19,27H,2-4,7-11,14H2,1H3. The molecule has 0 aliphatic carbocycles. The second kappa shape index (κ2) is 10.1. The van der Waals surface area contributed by atoms with Gasteiger partial charge in [0.05, 0.1) is 18.8 Å². The summed E-state index contributed by atoms with van der Waals surface area (Å²) in [5.74, 6) is 0.704. The molecule has 0 saturated carbocycles. The Balaban J connectivity index is 1.37. The van der Waals surface area contributed by atoms with Crippen molar-refractivity contribution in [2.75, 3.05) is 37.6 Å². The lowest BCUT2D eigenvalue weighted by atomic mass is 10.0. The van der Waals surface area contributed by atoms with Crippen molar-refractivity contribution < 1.29 is 9.59 Å². The molecule has 2 fully saturated rings. The van der Waals surface area contributed by atoms with Crippen LogP contribution in [0.1, 0.15) is 42.2 Å². The van der Waals surface area contributed by atoms with Gasteiger partial charge >= 0.3 is 0 Å². The quantitative estimate of drug-likeness (QED) is 0.521. The molecule has 4 heterocycles. The van der Waals surface area contributed by atoms with E-state index in [0.29, 0.717) is 59.8 Å². The molecule has 1 amide bonds. The number of anilines is 1. The van der Waals surface area contributed by atoms with Gasteiger partial charge in [-0.25, -0.2) is 14.6 Å². The number of carbonyl (C=O) groups is 2. The Morgan fingerprint density at radius 3 is 2.63 bits per heavy atom. The maximum atomic E-state index is 12.9. The molecular weight excluding hydrogens is 489 g/mol. The maximum Gasteiger partial charge on any atom is 0.239 e. The fourth-order valence-corrected chi connectivity index (χ4v) is 5.15. The van der Waals surface area contributed by atoms with Gasteiger partial charge in [0.2, 0.25) is 5.91 Å². The molecule has 11 heteroatoms. The van der Waals surface area contributed by atoms with E-state index >= 15 is 0 Å². The van der Waals surface area contributed by atoms with Gasteiger partial charge in [0.25, 0.3) is 0 Å². The minimum Gasteiger partial charge on any atom is -0.352 e. The predicted molar refractivity (Wildman–Crippen MR) is 135 cm³/mol. The number of piperidine rings is 1. The third-order valence-corrected chi connectivity index (χ3v) is 7.21. The molecule has 184 valence electrons. The van der Waals surface area contributed by atoms with E-state index in [2.05, 4.69) is 20.3 Å². The van der Waals surface area contributed by atoms with E-state index < -0.39 is 0 Å². The summed E-state index contributed by atoms with van der Waals surface area (Å²) in [4.78, 5) is 38.5. The molecule has 3 aromatic rings. The Labute approximate surface area is 213 Å². The number of nitrogens with one attached hydrogen (secondary N) is 1. The van der Waals surface area contributed by atoms with E-state index in [1.165, 1.54) is 6.92 Å². The lowest BCUT2D eigenvalue weighted by Crippen LogP contribution is -2.55. The van der Waals surface area contributed by atoms with Gasteiger partial charge in [-0.15, -0.1) is 0 Å². The van der Waals surface area contributed by atoms with Crippen molar-refractivity contribution in [3.05, 3.63) is 45.7 Å². The van der Waals surface area contributed by atoms with Crippen LogP contribution in [-0.2, 0) is 11.3 Å². The van der Waals surface area contributed by atoms with Crippen LogP contribution in [0.25, 0.3) is 11.2 Å². The van der Waals surface area contributed by atoms with Gasteiger partial charge in [-0.05, 0) is 37.1 Å². The summed E-state index contributed by atoms with van der Waals surface area (Å²) in [5.41, 5.74) is 2.07. The van der Waals surface area contributed by atoms with Crippen LogP contribution in [0.5, 0.6) is 0 Å². The van der Waals surface area contributed by atoms with Crippen molar-refractivity contribution in [1.29, 1.82) is 0 Å². The minimum absolute atomic E-state index is 0.0644. The lowest BCUT2D eigenvalue weighted by molar-refractivity contribution is -0.134.